The van der Waals surface area contributed by atoms with E-state index in [2.05, 4.69) is 13.8 Å². The van der Waals surface area contributed by atoms with Gasteiger partial charge in [0.05, 0.1) is 17.6 Å². The summed E-state index contributed by atoms with van der Waals surface area (Å²) < 4.78 is 33.0. The van der Waals surface area contributed by atoms with E-state index < -0.39 is 10.0 Å². The lowest BCUT2D eigenvalue weighted by Gasteiger charge is -2.22. The largest absolute Gasteiger partial charge is 0.496 e. The number of ether oxygens (including phenoxy) is 1. The smallest absolute Gasteiger partial charge is 0.257 e. The summed E-state index contributed by atoms with van der Waals surface area (Å²) in [6.07, 6.45) is 4.74. The number of hydrogen-bond donors (Lipinski definition) is 0. The van der Waals surface area contributed by atoms with Crippen LogP contribution in [0.15, 0.2) is 23.1 Å². The molecule has 0 saturated carbocycles. The average Bonchev–Trinajstić information content (AvgIpc) is 2.94. The van der Waals surface area contributed by atoms with E-state index in [9.17, 15) is 13.2 Å². The molecule has 7 heteroatoms. The number of carbonyl (C=O) groups is 1. The maximum absolute atomic E-state index is 13.1. The lowest BCUT2D eigenvalue weighted by Crippen LogP contribution is -2.32. The minimum atomic E-state index is -3.61. The Balaban J connectivity index is 2.32. The van der Waals surface area contributed by atoms with Crippen LogP contribution in [-0.4, -0.2) is 57.3 Å². The lowest BCUT2D eigenvalue weighted by atomic mass is 10.1. The van der Waals surface area contributed by atoms with Crippen molar-refractivity contribution in [1.29, 1.82) is 0 Å². The van der Waals surface area contributed by atoms with Gasteiger partial charge in [0.15, 0.2) is 0 Å². The molecule has 0 N–H and O–H groups in total. The van der Waals surface area contributed by atoms with Crippen LogP contribution in [-0.2, 0) is 10.0 Å². The van der Waals surface area contributed by atoms with Gasteiger partial charge in [0.2, 0.25) is 10.0 Å². The number of benzene rings is 1. The first kappa shape index (κ1) is 21.7. The number of amides is 1. The maximum atomic E-state index is 13.1. The van der Waals surface area contributed by atoms with Gasteiger partial charge >= 0.3 is 0 Å². The monoisotopic (exact) mass is 396 g/mol. The van der Waals surface area contributed by atoms with Crippen LogP contribution in [0.2, 0.25) is 0 Å². The molecule has 2 rings (SSSR count). The molecule has 0 radical (unpaired) electrons. The molecule has 0 aliphatic carbocycles. The highest BCUT2D eigenvalue weighted by Crippen LogP contribution is 2.27. The van der Waals surface area contributed by atoms with Crippen LogP contribution in [0.25, 0.3) is 0 Å². The highest BCUT2D eigenvalue weighted by molar-refractivity contribution is 7.89. The second-order valence-corrected chi connectivity index (χ2v) is 9.53. The second kappa shape index (κ2) is 9.55. The van der Waals surface area contributed by atoms with E-state index in [1.807, 2.05) is 0 Å². The normalized spacial score (nSPS) is 16.2. The third-order valence-electron chi connectivity index (χ3n) is 4.99. The average molecular weight is 397 g/mol. The van der Waals surface area contributed by atoms with E-state index >= 15 is 0 Å². The van der Waals surface area contributed by atoms with Crippen LogP contribution in [0.4, 0.5) is 0 Å². The van der Waals surface area contributed by atoms with Crippen LogP contribution >= 0.6 is 0 Å². The number of carbonyl (C=O) groups excluding carboxylic acids is 1. The highest BCUT2D eigenvalue weighted by Gasteiger charge is 2.27. The summed E-state index contributed by atoms with van der Waals surface area (Å²) in [5.74, 6) is 0.656. The van der Waals surface area contributed by atoms with Gasteiger partial charge in [-0.15, -0.1) is 0 Å². The molecule has 1 heterocycles. The second-order valence-electron chi connectivity index (χ2n) is 7.59. The molecule has 1 aliphatic heterocycles. The molecule has 152 valence electrons. The van der Waals surface area contributed by atoms with Crippen molar-refractivity contribution in [2.24, 2.45) is 5.92 Å². The predicted octanol–water partition coefficient (Wildman–Crippen LogP) is 3.38. The van der Waals surface area contributed by atoms with E-state index in [4.69, 9.17) is 4.74 Å². The van der Waals surface area contributed by atoms with Crippen LogP contribution in [0, 0.1) is 5.92 Å². The van der Waals surface area contributed by atoms with Crippen LogP contribution in [0.5, 0.6) is 5.75 Å². The molecule has 0 spiro atoms. The van der Waals surface area contributed by atoms with E-state index in [1.54, 1.807) is 22.3 Å². The topological polar surface area (TPSA) is 66.9 Å². The van der Waals surface area contributed by atoms with Gasteiger partial charge in [-0.3, -0.25) is 4.79 Å². The van der Waals surface area contributed by atoms with Crippen molar-refractivity contribution >= 4 is 15.9 Å². The summed E-state index contributed by atoms with van der Waals surface area (Å²) in [6.45, 7) is 5.89. The first-order valence-corrected chi connectivity index (χ1v) is 11.1. The van der Waals surface area contributed by atoms with E-state index in [1.165, 1.54) is 19.2 Å². The van der Waals surface area contributed by atoms with Crippen molar-refractivity contribution in [2.75, 3.05) is 33.8 Å². The number of rotatable bonds is 7. The third kappa shape index (κ3) is 5.45. The summed E-state index contributed by atoms with van der Waals surface area (Å²) in [6, 6.07) is 4.57. The number of methoxy groups -OCH3 is 1. The summed E-state index contributed by atoms with van der Waals surface area (Å²) in [7, 11) is -0.385. The molecule has 1 saturated heterocycles. The van der Waals surface area contributed by atoms with Crippen molar-refractivity contribution in [3.8, 4) is 5.75 Å². The van der Waals surface area contributed by atoms with Gasteiger partial charge in [-0.1, -0.05) is 26.7 Å². The predicted molar refractivity (Wildman–Crippen MR) is 107 cm³/mol. The Hall–Kier alpha value is -1.60. The van der Waals surface area contributed by atoms with Crippen LogP contribution < -0.4 is 4.74 Å². The molecular formula is C20H32N2O4S. The molecule has 0 aromatic heterocycles. The standard InChI is InChI=1S/C20H32N2O4S/c1-16(2)11-14-21(3)20(23)18-15-17(9-10-19(18)26-4)27(24,25)22-12-7-5-6-8-13-22/h9-10,15-16H,5-8,11-14H2,1-4H3. The fourth-order valence-electron chi connectivity index (χ4n) is 3.20. The fourth-order valence-corrected chi connectivity index (χ4v) is 4.75. The summed E-state index contributed by atoms with van der Waals surface area (Å²) >= 11 is 0. The van der Waals surface area contributed by atoms with Crippen molar-refractivity contribution in [2.45, 2.75) is 50.8 Å². The van der Waals surface area contributed by atoms with Crippen LogP contribution in [0.3, 0.4) is 0 Å². The Labute approximate surface area is 163 Å². The zero-order chi connectivity index (χ0) is 20.0. The summed E-state index contributed by atoms with van der Waals surface area (Å²) in [4.78, 5) is 14.7. The first-order chi connectivity index (χ1) is 12.8. The number of hydrogen-bond acceptors (Lipinski definition) is 4. The quantitative estimate of drug-likeness (QED) is 0.709. The Bertz CT molecular complexity index is 738. The molecule has 0 unspecified atom stereocenters. The Kier molecular flexibility index (Phi) is 7.68. The molecule has 1 amide bonds. The molecule has 1 aliphatic rings. The first-order valence-electron chi connectivity index (χ1n) is 9.71. The maximum Gasteiger partial charge on any atom is 0.257 e. The molecule has 0 bridgehead atoms. The van der Waals surface area contributed by atoms with Gasteiger partial charge in [-0.05, 0) is 43.4 Å². The SMILES string of the molecule is COc1ccc(S(=O)(=O)N2CCCCCC2)cc1C(=O)N(C)CCC(C)C. The van der Waals surface area contributed by atoms with Gasteiger partial charge in [0.1, 0.15) is 5.75 Å². The summed E-state index contributed by atoms with van der Waals surface area (Å²) in [5, 5.41) is 0. The Morgan fingerprint density at radius 3 is 2.37 bits per heavy atom. The minimum Gasteiger partial charge on any atom is -0.496 e. The van der Waals surface area contributed by atoms with E-state index in [-0.39, 0.29) is 10.8 Å². The van der Waals surface area contributed by atoms with Crippen molar-refractivity contribution in [3.63, 3.8) is 0 Å². The Morgan fingerprint density at radius 2 is 1.81 bits per heavy atom. The molecule has 1 aromatic carbocycles. The van der Waals surface area contributed by atoms with Crippen molar-refractivity contribution in [1.82, 2.24) is 9.21 Å². The van der Waals surface area contributed by atoms with E-state index in [0.29, 0.717) is 36.9 Å². The van der Waals surface area contributed by atoms with Crippen molar-refractivity contribution in [3.05, 3.63) is 23.8 Å². The number of nitrogens with zero attached hydrogens (tertiary/aromatic N) is 2. The molecule has 0 atom stereocenters. The van der Waals surface area contributed by atoms with Gasteiger partial charge in [0, 0.05) is 26.7 Å². The third-order valence-corrected chi connectivity index (χ3v) is 6.89. The van der Waals surface area contributed by atoms with E-state index in [0.717, 1.165) is 32.1 Å². The minimum absolute atomic E-state index is 0.158. The Morgan fingerprint density at radius 1 is 1.19 bits per heavy atom. The molecular weight excluding hydrogens is 364 g/mol. The van der Waals surface area contributed by atoms with Crippen molar-refractivity contribution < 1.29 is 17.9 Å². The van der Waals surface area contributed by atoms with Crippen LogP contribution in [0.1, 0.15) is 56.3 Å². The van der Waals surface area contributed by atoms with Gasteiger partial charge in [0.25, 0.3) is 5.91 Å². The summed E-state index contributed by atoms with van der Waals surface area (Å²) in [5.41, 5.74) is 0.291. The molecule has 27 heavy (non-hydrogen) atoms. The molecule has 6 nitrogen and oxygen atoms in total. The zero-order valence-electron chi connectivity index (χ0n) is 16.9. The molecule has 1 aromatic rings. The fraction of sp³-hybridized carbons (Fsp3) is 0.650. The van der Waals surface area contributed by atoms with Gasteiger partial charge in [-0.25, -0.2) is 8.42 Å². The highest BCUT2D eigenvalue weighted by atomic mass is 32.2. The zero-order valence-corrected chi connectivity index (χ0v) is 17.7. The van der Waals surface area contributed by atoms with Gasteiger partial charge in [-0.2, -0.15) is 4.31 Å². The molecule has 1 fully saturated rings. The number of sulfonamides is 1. The lowest BCUT2D eigenvalue weighted by molar-refractivity contribution is 0.0785. The van der Waals surface area contributed by atoms with Gasteiger partial charge < -0.3 is 9.64 Å².